The fraction of sp³-hybridized carbons (Fsp3) is 0.368. The largest absolute Gasteiger partial charge is 0.388 e. The number of aromatic nitrogens is 1. The van der Waals surface area contributed by atoms with Gasteiger partial charge < -0.3 is 25.6 Å². The smallest absolute Gasteiger partial charge is 0.227 e. The molecule has 1 saturated heterocycles. The molecule has 4 N–H and O–H groups in total. The molecular formula is C19H23N3O4. The van der Waals surface area contributed by atoms with Gasteiger partial charge in [0.05, 0.1) is 24.3 Å². The van der Waals surface area contributed by atoms with Crippen molar-refractivity contribution >= 4 is 11.6 Å². The van der Waals surface area contributed by atoms with Crippen LogP contribution in [0.15, 0.2) is 54.7 Å². The van der Waals surface area contributed by atoms with E-state index in [9.17, 15) is 15.0 Å². The summed E-state index contributed by atoms with van der Waals surface area (Å²) in [6, 6.07) is 14.7. The van der Waals surface area contributed by atoms with Crippen molar-refractivity contribution in [3.8, 4) is 0 Å². The zero-order chi connectivity index (χ0) is 18.4. The van der Waals surface area contributed by atoms with Crippen LogP contribution in [0.3, 0.4) is 0 Å². The summed E-state index contributed by atoms with van der Waals surface area (Å²) < 4.78 is 5.69. The van der Waals surface area contributed by atoms with E-state index in [-0.39, 0.29) is 12.3 Å². The van der Waals surface area contributed by atoms with Crippen LogP contribution in [0.2, 0.25) is 0 Å². The van der Waals surface area contributed by atoms with Gasteiger partial charge >= 0.3 is 0 Å². The number of rotatable bonds is 7. The highest BCUT2D eigenvalue weighted by molar-refractivity contribution is 5.91. The Hall–Kier alpha value is -2.32. The number of pyridine rings is 1. The summed E-state index contributed by atoms with van der Waals surface area (Å²) in [6.45, 7) is 0.883. The SMILES string of the molecule is O=C(CC1OC(CNCc2ccccn2)C(O)C1O)Nc1ccccc1. The van der Waals surface area contributed by atoms with E-state index in [4.69, 9.17) is 4.74 Å². The number of benzene rings is 1. The Kier molecular flexibility index (Phi) is 6.30. The maximum Gasteiger partial charge on any atom is 0.227 e. The predicted molar refractivity (Wildman–Crippen MR) is 96.3 cm³/mol. The Bertz CT molecular complexity index is 698. The molecule has 0 saturated carbocycles. The molecule has 2 heterocycles. The number of nitrogens with one attached hydrogen (secondary N) is 2. The van der Waals surface area contributed by atoms with Crippen molar-refractivity contribution in [2.45, 2.75) is 37.4 Å². The monoisotopic (exact) mass is 357 g/mol. The van der Waals surface area contributed by atoms with Gasteiger partial charge in [0.2, 0.25) is 5.91 Å². The molecule has 138 valence electrons. The molecule has 4 atom stereocenters. The van der Waals surface area contributed by atoms with Crippen molar-refractivity contribution < 1.29 is 19.7 Å². The number of nitrogens with zero attached hydrogens (tertiary/aromatic N) is 1. The first kappa shape index (κ1) is 18.5. The van der Waals surface area contributed by atoms with Gasteiger partial charge in [-0.05, 0) is 24.3 Å². The zero-order valence-electron chi connectivity index (χ0n) is 14.3. The van der Waals surface area contributed by atoms with Gasteiger partial charge in [0.15, 0.2) is 0 Å². The molecule has 0 bridgehead atoms. The number of aliphatic hydroxyl groups is 2. The molecule has 1 fully saturated rings. The van der Waals surface area contributed by atoms with Crippen LogP contribution < -0.4 is 10.6 Å². The van der Waals surface area contributed by atoms with Gasteiger partial charge in [-0.1, -0.05) is 24.3 Å². The lowest BCUT2D eigenvalue weighted by molar-refractivity contribution is -0.120. The molecule has 1 aromatic heterocycles. The number of carbonyl (C=O) groups excluding carboxylic acids is 1. The van der Waals surface area contributed by atoms with Crippen LogP contribution >= 0.6 is 0 Å². The molecule has 3 rings (SSSR count). The molecule has 1 aliphatic heterocycles. The van der Waals surface area contributed by atoms with Crippen molar-refractivity contribution in [3.63, 3.8) is 0 Å². The lowest BCUT2D eigenvalue weighted by atomic mass is 10.1. The van der Waals surface area contributed by atoms with Crippen molar-refractivity contribution in [2.24, 2.45) is 0 Å². The normalized spacial score (nSPS) is 25.2. The molecule has 26 heavy (non-hydrogen) atoms. The molecule has 0 radical (unpaired) electrons. The first-order valence-corrected chi connectivity index (χ1v) is 8.60. The number of carbonyl (C=O) groups is 1. The molecular weight excluding hydrogens is 334 g/mol. The van der Waals surface area contributed by atoms with Crippen LogP contribution in [0.5, 0.6) is 0 Å². The third-order valence-electron chi connectivity index (χ3n) is 4.28. The Balaban J connectivity index is 1.46. The van der Waals surface area contributed by atoms with Gasteiger partial charge in [0.25, 0.3) is 0 Å². The molecule has 7 heteroatoms. The van der Waals surface area contributed by atoms with E-state index in [0.29, 0.717) is 18.8 Å². The Morgan fingerprint density at radius 2 is 1.77 bits per heavy atom. The summed E-state index contributed by atoms with van der Waals surface area (Å²) in [7, 11) is 0. The lowest BCUT2D eigenvalue weighted by Crippen LogP contribution is -2.38. The van der Waals surface area contributed by atoms with E-state index in [1.807, 2.05) is 36.4 Å². The minimum absolute atomic E-state index is 0.0239. The molecule has 0 spiro atoms. The minimum atomic E-state index is -1.10. The third kappa shape index (κ3) is 4.86. The van der Waals surface area contributed by atoms with Crippen molar-refractivity contribution in [3.05, 3.63) is 60.4 Å². The Morgan fingerprint density at radius 3 is 2.50 bits per heavy atom. The molecule has 0 aliphatic carbocycles. The van der Waals surface area contributed by atoms with E-state index in [1.54, 1.807) is 18.3 Å². The second-order valence-corrected chi connectivity index (χ2v) is 6.26. The first-order chi connectivity index (χ1) is 12.6. The molecule has 1 amide bonds. The summed E-state index contributed by atoms with van der Waals surface area (Å²) in [6.07, 6.45) is -1.77. The fourth-order valence-corrected chi connectivity index (χ4v) is 2.92. The van der Waals surface area contributed by atoms with E-state index >= 15 is 0 Å². The van der Waals surface area contributed by atoms with E-state index in [2.05, 4.69) is 15.6 Å². The maximum atomic E-state index is 12.1. The topological polar surface area (TPSA) is 104 Å². The molecule has 7 nitrogen and oxygen atoms in total. The third-order valence-corrected chi connectivity index (χ3v) is 4.28. The Morgan fingerprint density at radius 1 is 1.04 bits per heavy atom. The van der Waals surface area contributed by atoms with Gasteiger partial charge in [-0.3, -0.25) is 9.78 Å². The van der Waals surface area contributed by atoms with Crippen molar-refractivity contribution in [1.29, 1.82) is 0 Å². The van der Waals surface area contributed by atoms with Crippen molar-refractivity contribution in [2.75, 3.05) is 11.9 Å². The minimum Gasteiger partial charge on any atom is -0.388 e. The van der Waals surface area contributed by atoms with Crippen LogP contribution in [-0.2, 0) is 16.1 Å². The summed E-state index contributed by atoms with van der Waals surface area (Å²) in [5, 5.41) is 26.2. The highest BCUT2D eigenvalue weighted by Gasteiger charge is 2.43. The predicted octanol–water partition coefficient (Wildman–Crippen LogP) is 0.689. The summed E-state index contributed by atoms with van der Waals surface area (Å²) in [5.41, 5.74) is 1.55. The van der Waals surface area contributed by atoms with Gasteiger partial charge in [0.1, 0.15) is 12.2 Å². The second-order valence-electron chi connectivity index (χ2n) is 6.26. The van der Waals surface area contributed by atoms with Crippen LogP contribution in [-0.4, -0.2) is 52.1 Å². The van der Waals surface area contributed by atoms with Crippen LogP contribution in [0.1, 0.15) is 12.1 Å². The zero-order valence-corrected chi connectivity index (χ0v) is 14.3. The summed E-state index contributed by atoms with van der Waals surface area (Å²) in [4.78, 5) is 16.3. The van der Waals surface area contributed by atoms with Crippen LogP contribution in [0.4, 0.5) is 5.69 Å². The number of hydrogen-bond acceptors (Lipinski definition) is 6. The average molecular weight is 357 g/mol. The standard InChI is InChI=1S/C19H23N3O4/c23-17(22-13-6-2-1-3-7-13)10-15-18(24)19(25)16(26-15)12-20-11-14-8-4-5-9-21-14/h1-9,15-16,18-20,24-25H,10-12H2,(H,22,23). The van der Waals surface area contributed by atoms with E-state index < -0.39 is 24.4 Å². The van der Waals surface area contributed by atoms with E-state index in [0.717, 1.165) is 5.69 Å². The van der Waals surface area contributed by atoms with Crippen LogP contribution in [0.25, 0.3) is 0 Å². The molecule has 4 unspecified atom stereocenters. The van der Waals surface area contributed by atoms with E-state index in [1.165, 1.54) is 0 Å². The quantitative estimate of drug-likeness (QED) is 0.581. The number of anilines is 1. The second kappa shape index (κ2) is 8.86. The fourth-order valence-electron chi connectivity index (χ4n) is 2.92. The lowest BCUT2D eigenvalue weighted by Gasteiger charge is -2.15. The maximum absolute atomic E-state index is 12.1. The van der Waals surface area contributed by atoms with Gasteiger partial charge in [-0.2, -0.15) is 0 Å². The van der Waals surface area contributed by atoms with Gasteiger partial charge in [-0.15, -0.1) is 0 Å². The number of para-hydroxylation sites is 1. The van der Waals surface area contributed by atoms with Gasteiger partial charge in [-0.25, -0.2) is 0 Å². The van der Waals surface area contributed by atoms with Crippen molar-refractivity contribution in [1.82, 2.24) is 10.3 Å². The number of hydrogen-bond donors (Lipinski definition) is 4. The Labute approximate surface area is 152 Å². The van der Waals surface area contributed by atoms with Crippen LogP contribution in [0, 0.1) is 0 Å². The summed E-state index contributed by atoms with van der Waals surface area (Å²) >= 11 is 0. The number of aliphatic hydroxyl groups excluding tert-OH is 2. The number of ether oxygens (including phenoxy) is 1. The average Bonchev–Trinajstić information content (AvgIpc) is 2.91. The van der Waals surface area contributed by atoms with Gasteiger partial charge in [0, 0.05) is 25.0 Å². The summed E-state index contributed by atoms with van der Waals surface area (Å²) in [5.74, 6) is -0.269. The highest BCUT2D eigenvalue weighted by Crippen LogP contribution is 2.24. The molecule has 1 aliphatic rings. The highest BCUT2D eigenvalue weighted by atomic mass is 16.5. The molecule has 1 aromatic carbocycles. The first-order valence-electron chi connectivity index (χ1n) is 8.60. The number of amides is 1. The molecule has 2 aromatic rings.